The van der Waals surface area contributed by atoms with Crippen LogP contribution < -0.4 is 10.1 Å². The third-order valence-corrected chi connectivity index (χ3v) is 2.68. The average Bonchev–Trinajstić information content (AvgIpc) is 2.80. The molecular weight excluding hydrogens is 208 g/mol. The molecule has 0 bridgehead atoms. The molecule has 2 aromatic rings. The summed E-state index contributed by atoms with van der Waals surface area (Å²) >= 11 is 1.61. The Labute approximate surface area is 92.7 Å². The fourth-order valence-electron chi connectivity index (χ4n) is 1.23. The van der Waals surface area contributed by atoms with Gasteiger partial charge in [-0.25, -0.2) is 4.98 Å². The second-order valence-electron chi connectivity index (χ2n) is 3.06. The number of nitrogens with one attached hydrogen (secondary N) is 1. The van der Waals surface area contributed by atoms with Crippen LogP contribution in [0.3, 0.4) is 0 Å². The predicted molar refractivity (Wildman–Crippen MR) is 62.4 cm³/mol. The molecule has 1 aromatic heterocycles. The van der Waals surface area contributed by atoms with Crippen LogP contribution in [0.5, 0.6) is 5.75 Å². The Morgan fingerprint density at radius 3 is 2.73 bits per heavy atom. The molecule has 0 aliphatic carbocycles. The lowest BCUT2D eigenvalue weighted by Crippen LogP contribution is -1.99. The van der Waals surface area contributed by atoms with Crippen molar-refractivity contribution in [2.75, 3.05) is 12.4 Å². The smallest absolute Gasteiger partial charge is 0.119 e. The molecule has 0 aliphatic heterocycles. The molecule has 0 radical (unpaired) electrons. The van der Waals surface area contributed by atoms with Gasteiger partial charge in [0.05, 0.1) is 24.9 Å². The lowest BCUT2D eigenvalue weighted by molar-refractivity contribution is 0.415. The van der Waals surface area contributed by atoms with Crippen LogP contribution in [-0.4, -0.2) is 12.1 Å². The van der Waals surface area contributed by atoms with Crippen LogP contribution in [0.1, 0.15) is 5.69 Å². The van der Waals surface area contributed by atoms with E-state index >= 15 is 0 Å². The van der Waals surface area contributed by atoms with E-state index in [1.54, 1.807) is 18.4 Å². The van der Waals surface area contributed by atoms with Gasteiger partial charge in [0.2, 0.25) is 0 Å². The Morgan fingerprint density at radius 2 is 2.13 bits per heavy atom. The largest absolute Gasteiger partial charge is 0.497 e. The van der Waals surface area contributed by atoms with E-state index in [1.165, 1.54) is 0 Å². The number of aromatic nitrogens is 1. The van der Waals surface area contributed by atoms with Gasteiger partial charge in [0, 0.05) is 11.1 Å². The predicted octanol–water partition coefficient (Wildman–Crippen LogP) is 2.76. The minimum atomic E-state index is 0.760. The maximum Gasteiger partial charge on any atom is 0.119 e. The number of nitrogens with zero attached hydrogens (tertiary/aromatic N) is 1. The average molecular weight is 220 g/mol. The zero-order valence-electron chi connectivity index (χ0n) is 8.43. The highest BCUT2D eigenvalue weighted by Gasteiger charge is 1.96. The number of hydrogen-bond acceptors (Lipinski definition) is 4. The molecule has 0 saturated heterocycles. The van der Waals surface area contributed by atoms with Gasteiger partial charge in [-0.15, -0.1) is 11.3 Å². The van der Waals surface area contributed by atoms with Crippen molar-refractivity contribution in [1.82, 2.24) is 4.98 Å². The van der Waals surface area contributed by atoms with Crippen molar-refractivity contribution in [3.8, 4) is 5.75 Å². The zero-order chi connectivity index (χ0) is 10.5. The van der Waals surface area contributed by atoms with E-state index in [4.69, 9.17) is 4.74 Å². The number of ether oxygens (including phenoxy) is 1. The second-order valence-corrected chi connectivity index (χ2v) is 3.78. The summed E-state index contributed by atoms with van der Waals surface area (Å²) in [4.78, 5) is 4.20. The van der Waals surface area contributed by atoms with E-state index in [-0.39, 0.29) is 0 Å². The van der Waals surface area contributed by atoms with Crippen LogP contribution >= 0.6 is 11.3 Å². The molecule has 0 saturated carbocycles. The van der Waals surface area contributed by atoms with Crippen LogP contribution in [0.25, 0.3) is 0 Å². The molecule has 0 amide bonds. The summed E-state index contributed by atoms with van der Waals surface area (Å²) in [6, 6.07) is 7.85. The van der Waals surface area contributed by atoms with Crippen molar-refractivity contribution >= 4 is 17.0 Å². The first kappa shape index (κ1) is 9.98. The Kier molecular flexibility index (Phi) is 3.19. The van der Waals surface area contributed by atoms with Crippen molar-refractivity contribution in [2.24, 2.45) is 0 Å². The molecule has 0 aliphatic rings. The molecule has 15 heavy (non-hydrogen) atoms. The van der Waals surface area contributed by atoms with E-state index in [0.29, 0.717) is 0 Å². The van der Waals surface area contributed by atoms with Gasteiger partial charge in [0.15, 0.2) is 0 Å². The SMILES string of the molecule is COc1ccc(NCc2cscn2)cc1. The minimum absolute atomic E-state index is 0.760. The number of thiazole rings is 1. The maximum absolute atomic E-state index is 5.08. The molecule has 4 heteroatoms. The first-order valence-corrected chi connectivity index (χ1v) is 5.58. The van der Waals surface area contributed by atoms with E-state index in [0.717, 1.165) is 23.7 Å². The van der Waals surface area contributed by atoms with Crippen molar-refractivity contribution in [3.63, 3.8) is 0 Å². The van der Waals surface area contributed by atoms with E-state index in [1.807, 2.05) is 35.2 Å². The minimum Gasteiger partial charge on any atom is -0.497 e. The van der Waals surface area contributed by atoms with Gasteiger partial charge < -0.3 is 10.1 Å². The highest BCUT2D eigenvalue weighted by Crippen LogP contribution is 2.15. The summed E-state index contributed by atoms with van der Waals surface area (Å²) in [5.41, 5.74) is 3.98. The summed E-state index contributed by atoms with van der Waals surface area (Å²) in [5.74, 6) is 0.870. The number of methoxy groups -OCH3 is 1. The fraction of sp³-hybridized carbons (Fsp3) is 0.182. The summed E-state index contributed by atoms with van der Waals surface area (Å²) in [7, 11) is 1.66. The Morgan fingerprint density at radius 1 is 1.33 bits per heavy atom. The molecule has 1 heterocycles. The standard InChI is InChI=1S/C11H12N2OS/c1-14-11-4-2-9(3-5-11)12-6-10-7-15-8-13-10/h2-5,7-8,12H,6H2,1H3. The van der Waals surface area contributed by atoms with Crippen LogP contribution in [0.2, 0.25) is 0 Å². The highest BCUT2D eigenvalue weighted by molar-refractivity contribution is 7.07. The Bertz CT molecular complexity index is 397. The molecular formula is C11H12N2OS. The van der Waals surface area contributed by atoms with E-state index in [2.05, 4.69) is 10.3 Å². The van der Waals surface area contributed by atoms with Crippen molar-refractivity contribution in [1.29, 1.82) is 0 Å². The first-order chi connectivity index (χ1) is 7.38. The summed E-state index contributed by atoms with van der Waals surface area (Å²) in [6.07, 6.45) is 0. The fourth-order valence-corrected chi connectivity index (χ4v) is 1.78. The number of hydrogen-bond donors (Lipinski definition) is 1. The van der Waals surface area contributed by atoms with Gasteiger partial charge >= 0.3 is 0 Å². The second kappa shape index (κ2) is 4.79. The summed E-state index contributed by atoms with van der Waals surface area (Å²) < 4.78 is 5.08. The highest BCUT2D eigenvalue weighted by atomic mass is 32.1. The molecule has 0 atom stereocenters. The van der Waals surface area contributed by atoms with Crippen LogP contribution in [0, 0.1) is 0 Å². The summed E-state index contributed by atoms with van der Waals surface area (Å²) in [5, 5.41) is 5.33. The quantitative estimate of drug-likeness (QED) is 0.860. The van der Waals surface area contributed by atoms with E-state index in [9.17, 15) is 0 Å². The number of benzene rings is 1. The van der Waals surface area contributed by atoms with Crippen LogP contribution in [0.15, 0.2) is 35.2 Å². The normalized spacial score (nSPS) is 9.93. The molecule has 78 valence electrons. The van der Waals surface area contributed by atoms with Gasteiger partial charge in [-0.05, 0) is 24.3 Å². The molecule has 0 fully saturated rings. The first-order valence-electron chi connectivity index (χ1n) is 4.63. The third kappa shape index (κ3) is 2.70. The van der Waals surface area contributed by atoms with Crippen LogP contribution in [0.4, 0.5) is 5.69 Å². The Hall–Kier alpha value is -1.55. The number of anilines is 1. The van der Waals surface area contributed by atoms with Gasteiger partial charge in [0.1, 0.15) is 5.75 Å². The topological polar surface area (TPSA) is 34.1 Å². The number of rotatable bonds is 4. The van der Waals surface area contributed by atoms with Crippen LogP contribution in [-0.2, 0) is 6.54 Å². The van der Waals surface area contributed by atoms with Crippen molar-refractivity contribution < 1.29 is 4.74 Å². The molecule has 1 aromatic carbocycles. The zero-order valence-corrected chi connectivity index (χ0v) is 9.25. The lowest BCUT2D eigenvalue weighted by Gasteiger charge is -2.05. The van der Waals surface area contributed by atoms with E-state index < -0.39 is 0 Å². The van der Waals surface area contributed by atoms with Crippen molar-refractivity contribution in [2.45, 2.75) is 6.54 Å². The van der Waals surface area contributed by atoms with Gasteiger partial charge in [-0.2, -0.15) is 0 Å². The molecule has 3 nitrogen and oxygen atoms in total. The van der Waals surface area contributed by atoms with Gasteiger partial charge in [0.25, 0.3) is 0 Å². The molecule has 2 rings (SSSR count). The summed E-state index contributed by atoms with van der Waals surface area (Å²) in [6.45, 7) is 0.760. The maximum atomic E-state index is 5.08. The van der Waals surface area contributed by atoms with Gasteiger partial charge in [-0.3, -0.25) is 0 Å². The Balaban J connectivity index is 1.93. The molecule has 0 spiro atoms. The monoisotopic (exact) mass is 220 g/mol. The van der Waals surface area contributed by atoms with Crippen molar-refractivity contribution in [3.05, 3.63) is 40.8 Å². The molecule has 0 unspecified atom stereocenters. The van der Waals surface area contributed by atoms with Gasteiger partial charge in [-0.1, -0.05) is 0 Å². The molecule has 1 N–H and O–H groups in total. The lowest BCUT2D eigenvalue weighted by atomic mass is 10.3. The third-order valence-electron chi connectivity index (χ3n) is 2.05.